The molecule has 1 unspecified atom stereocenters. The van der Waals surface area contributed by atoms with Crippen molar-refractivity contribution in [1.82, 2.24) is 9.57 Å². The molecule has 1 aliphatic carbocycles. The summed E-state index contributed by atoms with van der Waals surface area (Å²) in [6.07, 6.45) is 3.66. The summed E-state index contributed by atoms with van der Waals surface area (Å²) in [5.41, 5.74) is 0. The lowest BCUT2D eigenvalue weighted by Crippen LogP contribution is -2.42. The third-order valence-electron chi connectivity index (χ3n) is 3.66. The van der Waals surface area contributed by atoms with Crippen LogP contribution in [0, 0.1) is 0 Å². The van der Waals surface area contributed by atoms with Crippen LogP contribution in [0.15, 0.2) is 0 Å². The second-order valence-electron chi connectivity index (χ2n) is 5.05. The van der Waals surface area contributed by atoms with Gasteiger partial charge in [-0.25, -0.2) is 9.24 Å². The lowest BCUT2D eigenvalue weighted by atomic mass is 9.92. The molecule has 0 N–H and O–H groups in total. The molecule has 18 heavy (non-hydrogen) atoms. The molecule has 0 heterocycles. The van der Waals surface area contributed by atoms with Crippen molar-refractivity contribution in [3.63, 3.8) is 0 Å². The minimum absolute atomic E-state index is 0.165. The summed E-state index contributed by atoms with van der Waals surface area (Å²) in [5.74, 6) is 0. The summed E-state index contributed by atoms with van der Waals surface area (Å²) in [6.45, 7) is 4.40. The summed E-state index contributed by atoms with van der Waals surface area (Å²) >= 11 is 0. The van der Waals surface area contributed by atoms with Gasteiger partial charge in [-0.1, -0.05) is 26.7 Å². The highest BCUT2D eigenvalue weighted by Crippen LogP contribution is 2.54. The number of halogens is 1. The molecule has 0 saturated heterocycles. The van der Waals surface area contributed by atoms with Gasteiger partial charge in [0.2, 0.25) is 0 Å². The number of hydrogen-bond donors (Lipinski definition) is 0. The van der Waals surface area contributed by atoms with Gasteiger partial charge in [0.25, 0.3) is 0 Å². The maximum atomic E-state index is 14.2. The van der Waals surface area contributed by atoms with Crippen LogP contribution in [-0.2, 0) is 9.09 Å². The van der Waals surface area contributed by atoms with Crippen LogP contribution in [0.1, 0.15) is 39.5 Å². The first kappa shape index (κ1) is 16.1. The Morgan fingerprint density at radius 3 is 2.28 bits per heavy atom. The minimum atomic E-state index is -4.14. The summed E-state index contributed by atoms with van der Waals surface area (Å²) < 4.78 is 32.9. The van der Waals surface area contributed by atoms with Crippen molar-refractivity contribution in [3.05, 3.63) is 0 Å². The fourth-order valence-corrected chi connectivity index (χ4v) is 3.98. The summed E-state index contributed by atoms with van der Waals surface area (Å²) in [6, 6.07) is 0.165. The zero-order valence-electron chi connectivity index (χ0n) is 11.9. The second-order valence-corrected chi connectivity index (χ2v) is 6.73. The maximum absolute atomic E-state index is 14.2. The van der Waals surface area contributed by atoms with Gasteiger partial charge < -0.3 is 4.90 Å². The standard InChI is InChI=1S/C12H26FN2O2P/c1-5-15(6-2)18(13,16)17-12-10-8-7-9-11(12)14(3)4/h11-12H,5-10H2,1-4H3/t11-,12-,18?/m0/s1. The van der Waals surface area contributed by atoms with Gasteiger partial charge in [0, 0.05) is 19.1 Å². The Hall–Kier alpha value is 0.0400. The van der Waals surface area contributed by atoms with Gasteiger partial charge >= 0.3 is 7.83 Å². The van der Waals surface area contributed by atoms with Crippen molar-refractivity contribution in [2.45, 2.75) is 51.7 Å². The molecule has 108 valence electrons. The Bertz CT molecular complexity index is 298. The molecule has 3 atom stereocenters. The highest BCUT2D eigenvalue weighted by atomic mass is 31.2. The molecule has 1 aliphatic rings. The number of likely N-dealkylation sites (N-methyl/N-ethyl adjacent to an activating group) is 1. The number of nitrogens with zero attached hydrogens (tertiary/aromatic N) is 2. The van der Waals surface area contributed by atoms with E-state index in [9.17, 15) is 8.76 Å². The molecule has 6 heteroatoms. The Morgan fingerprint density at radius 2 is 1.78 bits per heavy atom. The first-order valence-electron chi connectivity index (χ1n) is 6.82. The van der Waals surface area contributed by atoms with Gasteiger partial charge in [0.15, 0.2) is 0 Å². The number of rotatable bonds is 6. The Labute approximate surface area is 110 Å². The Kier molecular flexibility index (Phi) is 6.25. The molecule has 4 nitrogen and oxygen atoms in total. The molecule has 0 bridgehead atoms. The molecule has 1 saturated carbocycles. The first-order valence-corrected chi connectivity index (χ1v) is 8.29. The van der Waals surface area contributed by atoms with Crippen LogP contribution >= 0.6 is 7.83 Å². The monoisotopic (exact) mass is 280 g/mol. The zero-order valence-corrected chi connectivity index (χ0v) is 12.8. The third kappa shape index (κ3) is 4.02. The molecule has 0 aromatic heterocycles. The van der Waals surface area contributed by atoms with Gasteiger partial charge in [-0.05, 0) is 26.9 Å². The fourth-order valence-electron chi connectivity index (χ4n) is 2.59. The van der Waals surface area contributed by atoms with Crippen molar-refractivity contribution in [3.8, 4) is 0 Å². The van der Waals surface area contributed by atoms with E-state index in [1.807, 2.05) is 19.0 Å². The van der Waals surface area contributed by atoms with Gasteiger partial charge in [-0.2, -0.15) is 0 Å². The first-order chi connectivity index (χ1) is 8.42. The largest absolute Gasteiger partial charge is 0.445 e. The molecule has 0 aromatic carbocycles. The Balaban J connectivity index is 2.71. The number of hydrogen-bond acceptors (Lipinski definition) is 3. The predicted octanol–water partition coefficient (Wildman–Crippen LogP) is 3.30. The maximum Gasteiger partial charge on any atom is 0.445 e. The van der Waals surface area contributed by atoms with E-state index in [-0.39, 0.29) is 12.1 Å². The van der Waals surface area contributed by atoms with Gasteiger partial charge in [0.05, 0.1) is 6.10 Å². The van der Waals surface area contributed by atoms with Crippen LogP contribution < -0.4 is 0 Å². The van der Waals surface area contributed by atoms with Crippen LogP contribution in [0.25, 0.3) is 0 Å². The molecule has 1 fully saturated rings. The summed E-state index contributed by atoms with van der Waals surface area (Å²) in [7, 11) is -0.211. The van der Waals surface area contributed by atoms with Crippen molar-refractivity contribution in [2.75, 3.05) is 27.2 Å². The van der Waals surface area contributed by atoms with Crippen LogP contribution in [0.4, 0.5) is 4.20 Å². The van der Waals surface area contributed by atoms with Crippen molar-refractivity contribution >= 4 is 7.83 Å². The van der Waals surface area contributed by atoms with E-state index in [1.54, 1.807) is 13.8 Å². The van der Waals surface area contributed by atoms with E-state index in [4.69, 9.17) is 4.52 Å². The molecule has 0 radical (unpaired) electrons. The Morgan fingerprint density at radius 1 is 1.22 bits per heavy atom. The second kappa shape index (κ2) is 6.99. The van der Waals surface area contributed by atoms with Crippen molar-refractivity contribution in [2.24, 2.45) is 0 Å². The van der Waals surface area contributed by atoms with E-state index in [0.717, 1.165) is 25.7 Å². The van der Waals surface area contributed by atoms with Crippen LogP contribution in [0.2, 0.25) is 0 Å². The quantitative estimate of drug-likeness (QED) is 0.699. The van der Waals surface area contributed by atoms with E-state index >= 15 is 0 Å². The molecule has 0 aromatic rings. The van der Waals surface area contributed by atoms with Gasteiger partial charge in [0.1, 0.15) is 0 Å². The topological polar surface area (TPSA) is 32.8 Å². The SMILES string of the molecule is CCN(CC)P(=O)(F)O[C@H]1CCCC[C@@H]1N(C)C. The predicted molar refractivity (Wildman–Crippen MR) is 72.5 cm³/mol. The molecular formula is C12H26FN2O2P. The lowest BCUT2D eigenvalue weighted by molar-refractivity contribution is 0.0487. The normalized spacial score (nSPS) is 28.6. The van der Waals surface area contributed by atoms with E-state index in [0.29, 0.717) is 13.1 Å². The van der Waals surface area contributed by atoms with Gasteiger partial charge in [-0.3, -0.25) is 4.52 Å². The average molecular weight is 280 g/mol. The zero-order chi connectivity index (χ0) is 13.8. The van der Waals surface area contributed by atoms with E-state index < -0.39 is 7.83 Å². The highest BCUT2D eigenvalue weighted by molar-refractivity contribution is 7.50. The minimum Gasteiger partial charge on any atom is -0.304 e. The van der Waals surface area contributed by atoms with Crippen molar-refractivity contribution < 1.29 is 13.3 Å². The van der Waals surface area contributed by atoms with Crippen LogP contribution in [-0.4, -0.2) is 48.9 Å². The smallest absolute Gasteiger partial charge is 0.304 e. The van der Waals surface area contributed by atoms with Gasteiger partial charge in [-0.15, -0.1) is 4.20 Å². The summed E-state index contributed by atoms with van der Waals surface area (Å²) in [5, 5.41) is 0. The fraction of sp³-hybridized carbons (Fsp3) is 1.00. The molecule has 0 aliphatic heterocycles. The van der Waals surface area contributed by atoms with Crippen LogP contribution in [0.5, 0.6) is 0 Å². The van der Waals surface area contributed by atoms with E-state index in [1.165, 1.54) is 4.67 Å². The highest BCUT2D eigenvalue weighted by Gasteiger charge is 2.37. The molecule has 0 spiro atoms. The van der Waals surface area contributed by atoms with Crippen LogP contribution in [0.3, 0.4) is 0 Å². The molecule has 1 rings (SSSR count). The third-order valence-corrected chi connectivity index (χ3v) is 5.44. The average Bonchev–Trinajstić information content (AvgIpc) is 2.29. The van der Waals surface area contributed by atoms with Crippen molar-refractivity contribution in [1.29, 1.82) is 0 Å². The molecule has 0 amide bonds. The lowest BCUT2D eigenvalue weighted by Gasteiger charge is -2.37. The molecular weight excluding hydrogens is 254 g/mol. The van der Waals surface area contributed by atoms with E-state index in [2.05, 4.69) is 0 Å². The summed E-state index contributed by atoms with van der Waals surface area (Å²) in [4.78, 5) is 2.05.